The number of rotatable bonds is 5. The summed E-state index contributed by atoms with van der Waals surface area (Å²) in [5, 5.41) is 15.7. The van der Waals surface area contributed by atoms with Gasteiger partial charge >= 0.3 is 0 Å². The van der Waals surface area contributed by atoms with E-state index in [1.54, 1.807) is 29.8 Å². The molecule has 2 N–H and O–H groups in total. The SMILES string of the molecule is Cc1ccc(-c2nc(CNc3cnccc3CO)cs2)cc1. The third kappa shape index (κ3) is 3.32. The molecule has 0 fully saturated rings. The normalized spacial score (nSPS) is 10.6. The highest BCUT2D eigenvalue weighted by Gasteiger charge is 2.06. The van der Waals surface area contributed by atoms with Gasteiger partial charge in [-0.1, -0.05) is 29.8 Å². The first-order chi connectivity index (χ1) is 10.8. The number of nitrogens with one attached hydrogen (secondary N) is 1. The minimum absolute atomic E-state index is 0.00344. The van der Waals surface area contributed by atoms with E-state index in [0.29, 0.717) is 6.54 Å². The van der Waals surface area contributed by atoms with Gasteiger partial charge in [0.2, 0.25) is 0 Å². The van der Waals surface area contributed by atoms with Crippen LogP contribution in [0.15, 0.2) is 48.1 Å². The number of anilines is 1. The van der Waals surface area contributed by atoms with Crippen LogP contribution in [0.5, 0.6) is 0 Å². The summed E-state index contributed by atoms with van der Waals surface area (Å²) in [6.07, 6.45) is 3.40. The van der Waals surface area contributed by atoms with E-state index < -0.39 is 0 Å². The van der Waals surface area contributed by atoms with Gasteiger partial charge in [0, 0.05) is 22.7 Å². The molecule has 1 aromatic carbocycles. The van der Waals surface area contributed by atoms with Crippen LogP contribution >= 0.6 is 11.3 Å². The first kappa shape index (κ1) is 14.7. The van der Waals surface area contributed by atoms with Crippen molar-refractivity contribution in [3.8, 4) is 10.6 Å². The molecular weight excluding hydrogens is 294 g/mol. The molecule has 22 heavy (non-hydrogen) atoms. The average molecular weight is 311 g/mol. The molecule has 0 radical (unpaired) electrons. The fourth-order valence-corrected chi connectivity index (χ4v) is 2.95. The minimum Gasteiger partial charge on any atom is -0.392 e. The van der Waals surface area contributed by atoms with E-state index in [-0.39, 0.29) is 6.61 Å². The van der Waals surface area contributed by atoms with Gasteiger partial charge in [0.1, 0.15) is 5.01 Å². The largest absolute Gasteiger partial charge is 0.392 e. The summed E-state index contributed by atoms with van der Waals surface area (Å²) < 4.78 is 0. The Kier molecular flexibility index (Phi) is 4.46. The van der Waals surface area contributed by atoms with Crippen LogP contribution in [0, 0.1) is 6.92 Å². The highest BCUT2D eigenvalue weighted by molar-refractivity contribution is 7.13. The highest BCUT2D eigenvalue weighted by Crippen LogP contribution is 2.24. The van der Waals surface area contributed by atoms with Crippen molar-refractivity contribution in [2.45, 2.75) is 20.1 Å². The van der Waals surface area contributed by atoms with Gasteiger partial charge in [-0.2, -0.15) is 0 Å². The molecule has 0 spiro atoms. The van der Waals surface area contributed by atoms with E-state index in [0.717, 1.165) is 27.5 Å². The predicted molar refractivity (Wildman–Crippen MR) is 89.8 cm³/mol. The van der Waals surface area contributed by atoms with E-state index >= 15 is 0 Å². The second-order valence-electron chi connectivity index (χ2n) is 5.05. The molecule has 0 amide bonds. The zero-order valence-electron chi connectivity index (χ0n) is 12.3. The first-order valence-corrected chi connectivity index (χ1v) is 7.93. The monoisotopic (exact) mass is 311 g/mol. The third-order valence-corrected chi connectivity index (χ3v) is 4.33. The summed E-state index contributed by atoms with van der Waals surface area (Å²) in [5.74, 6) is 0. The Labute approximate surface area is 133 Å². The predicted octanol–water partition coefficient (Wildman–Crippen LogP) is 3.62. The first-order valence-electron chi connectivity index (χ1n) is 7.05. The Morgan fingerprint density at radius 1 is 1.18 bits per heavy atom. The molecule has 2 aromatic heterocycles. The quantitative estimate of drug-likeness (QED) is 0.755. The lowest BCUT2D eigenvalue weighted by Crippen LogP contribution is -2.03. The van der Waals surface area contributed by atoms with Gasteiger partial charge in [0.25, 0.3) is 0 Å². The Bertz CT molecular complexity index is 753. The van der Waals surface area contributed by atoms with Gasteiger partial charge in [0.05, 0.1) is 30.7 Å². The maximum absolute atomic E-state index is 9.31. The molecule has 4 nitrogen and oxygen atoms in total. The van der Waals surface area contributed by atoms with Crippen LogP contribution < -0.4 is 5.32 Å². The highest BCUT2D eigenvalue weighted by atomic mass is 32.1. The summed E-state index contributed by atoms with van der Waals surface area (Å²) in [6, 6.07) is 10.2. The number of benzene rings is 1. The van der Waals surface area contributed by atoms with Gasteiger partial charge in [-0.15, -0.1) is 11.3 Å². The Balaban J connectivity index is 1.71. The number of aromatic nitrogens is 2. The van der Waals surface area contributed by atoms with Crippen LogP contribution in [-0.2, 0) is 13.2 Å². The van der Waals surface area contributed by atoms with Crippen molar-refractivity contribution in [1.82, 2.24) is 9.97 Å². The van der Waals surface area contributed by atoms with Crippen molar-refractivity contribution in [2.75, 3.05) is 5.32 Å². The van der Waals surface area contributed by atoms with Crippen LogP contribution in [-0.4, -0.2) is 15.1 Å². The Hall–Kier alpha value is -2.24. The third-order valence-electron chi connectivity index (χ3n) is 3.39. The van der Waals surface area contributed by atoms with Crippen LogP contribution in [0.4, 0.5) is 5.69 Å². The number of aryl methyl sites for hydroxylation is 1. The molecule has 0 bridgehead atoms. The number of hydrogen-bond acceptors (Lipinski definition) is 5. The summed E-state index contributed by atoms with van der Waals surface area (Å²) >= 11 is 1.64. The number of hydrogen-bond donors (Lipinski definition) is 2. The van der Waals surface area contributed by atoms with Gasteiger partial charge in [0.15, 0.2) is 0 Å². The van der Waals surface area contributed by atoms with Crippen molar-refractivity contribution in [2.24, 2.45) is 0 Å². The van der Waals surface area contributed by atoms with Crippen LogP contribution in [0.3, 0.4) is 0 Å². The molecule has 0 aliphatic heterocycles. The van der Waals surface area contributed by atoms with E-state index in [1.165, 1.54) is 5.56 Å². The van der Waals surface area contributed by atoms with Crippen molar-refractivity contribution in [1.29, 1.82) is 0 Å². The molecule has 0 aliphatic carbocycles. The lowest BCUT2D eigenvalue weighted by molar-refractivity contribution is 0.282. The van der Waals surface area contributed by atoms with Gasteiger partial charge in [-0.05, 0) is 13.0 Å². The number of nitrogens with zero attached hydrogens (tertiary/aromatic N) is 2. The zero-order valence-corrected chi connectivity index (χ0v) is 13.1. The lowest BCUT2D eigenvalue weighted by Gasteiger charge is -2.08. The summed E-state index contributed by atoms with van der Waals surface area (Å²) in [4.78, 5) is 8.73. The molecule has 3 rings (SSSR count). The maximum atomic E-state index is 9.31. The molecule has 0 saturated carbocycles. The standard InChI is InChI=1S/C17H17N3OS/c1-12-2-4-13(5-3-12)17-20-15(11-22-17)8-19-16-9-18-7-6-14(16)10-21/h2-7,9,11,19,21H,8,10H2,1H3. The molecule has 112 valence electrons. The van der Waals surface area contributed by atoms with Gasteiger partial charge in [-0.25, -0.2) is 4.98 Å². The van der Waals surface area contributed by atoms with Gasteiger partial charge < -0.3 is 10.4 Å². The van der Waals surface area contributed by atoms with Crippen molar-refractivity contribution < 1.29 is 5.11 Å². The molecule has 0 atom stereocenters. The molecular formula is C17H17N3OS. The van der Waals surface area contributed by atoms with E-state index in [1.807, 2.05) is 0 Å². The van der Waals surface area contributed by atoms with Crippen molar-refractivity contribution in [3.63, 3.8) is 0 Å². The second kappa shape index (κ2) is 6.68. The molecule has 3 aromatic rings. The summed E-state index contributed by atoms with van der Waals surface area (Å²) in [6.45, 7) is 2.69. The molecule has 0 unspecified atom stereocenters. The Morgan fingerprint density at radius 3 is 2.77 bits per heavy atom. The minimum atomic E-state index is -0.00344. The topological polar surface area (TPSA) is 58.0 Å². The second-order valence-corrected chi connectivity index (χ2v) is 5.91. The van der Waals surface area contributed by atoms with Crippen LogP contribution in [0.2, 0.25) is 0 Å². The van der Waals surface area contributed by atoms with E-state index in [4.69, 9.17) is 0 Å². The molecule has 0 aliphatic rings. The van der Waals surface area contributed by atoms with E-state index in [9.17, 15) is 5.11 Å². The molecule has 0 saturated heterocycles. The average Bonchev–Trinajstić information content (AvgIpc) is 3.03. The number of aliphatic hydroxyl groups is 1. The van der Waals surface area contributed by atoms with E-state index in [2.05, 4.69) is 51.9 Å². The number of pyridine rings is 1. The van der Waals surface area contributed by atoms with Crippen LogP contribution in [0.1, 0.15) is 16.8 Å². The number of thiazole rings is 1. The molecule has 2 heterocycles. The maximum Gasteiger partial charge on any atom is 0.123 e. The van der Waals surface area contributed by atoms with Crippen molar-refractivity contribution in [3.05, 3.63) is 64.9 Å². The fraction of sp³-hybridized carbons (Fsp3) is 0.176. The van der Waals surface area contributed by atoms with Crippen molar-refractivity contribution >= 4 is 17.0 Å². The van der Waals surface area contributed by atoms with Gasteiger partial charge in [-0.3, -0.25) is 4.98 Å². The number of aliphatic hydroxyl groups excluding tert-OH is 1. The molecule has 5 heteroatoms. The fourth-order valence-electron chi connectivity index (χ4n) is 2.12. The summed E-state index contributed by atoms with van der Waals surface area (Å²) in [5.41, 5.74) is 5.04. The smallest absolute Gasteiger partial charge is 0.123 e. The zero-order chi connectivity index (χ0) is 15.4. The summed E-state index contributed by atoms with van der Waals surface area (Å²) in [7, 11) is 0. The van der Waals surface area contributed by atoms with Crippen LogP contribution in [0.25, 0.3) is 10.6 Å². The Morgan fingerprint density at radius 2 is 2.00 bits per heavy atom. The lowest BCUT2D eigenvalue weighted by atomic mass is 10.2.